The van der Waals surface area contributed by atoms with Crippen LogP contribution in [0.4, 0.5) is 15.9 Å². The minimum atomic E-state index is -0.502. The Bertz CT molecular complexity index is 898. The Balaban J connectivity index is 1.74. The molecule has 0 unspecified atom stereocenters. The molecule has 0 aliphatic heterocycles. The fraction of sp³-hybridized carbons (Fsp3) is 0.190. The Morgan fingerprint density at radius 1 is 1.00 bits per heavy atom. The number of hydrogen-bond acceptors (Lipinski definition) is 4. The van der Waals surface area contributed by atoms with Crippen molar-refractivity contribution in [1.29, 1.82) is 0 Å². The molecule has 0 saturated carbocycles. The van der Waals surface area contributed by atoms with Crippen LogP contribution in [-0.2, 0) is 6.54 Å². The number of amides is 1. The molecule has 3 aromatic rings. The second-order valence-electron chi connectivity index (χ2n) is 6.42. The number of hydrogen-bond donors (Lipinski definition) is 1. The highest BCUT2D eigenvalue weighted by atomic mass is 19.1. The summed E-state index contributed by atoms with van der Waals surface area (Å²) in [5, 5.41) is 10.7. The van der Waals surface area contributed by atoms with Gasteiger partial charge in [0.05, 0.1) is 5.69 Å². The molecule has 0 radical (unpaired) electrons. The van der Waals surface area contributed by atoms with Crippen LogP contribution >= 0.6 is 0 Å². The fourth-order valence-corrected chi connectivity index (χ4v) is 2.66. The molecule has 138 valence electrons. The van der Waals surface area contributed by atoms with Gasteiger partial charge in [-0.2, -0.15) is 0 Å². The molecule has 0 saturated heterocycles. The average molecular weight is 364 g/mol. The highest BCUT2D eigenvalue weighted by molar-refractivity contribution is 6.02. The van der Waals surface area contributed by atoms with Gasteiger partial charge in [-0.1, -0.05) is 42.5 Å². The number of anilines is 2. The van der Waals surface area contributed by atoms with Gasteiger partial charge in [0, 0.05) is 12.6 Å². The van der Waals surface area contributed by atoms with Crippen LogP contribution in [-0.4, -0.2) is 22.1 Å². The molecule has 2 aromatic carbocycles. The van der Waals surface area contributed by atoms with Crippen molar-refractivity contribution in [2.24, 2.45) is 0 Å². The molecular weight excluding hydrogens is 343 g/mol. The summed E-state index contributed by atoms with van der Waals surface area (Å²) in [5.41, 5.74) is 1.40. The predicted octanol–water partition coefficient (Wildman–Crippen LogP) is 4.28. The van der Waals surface area contributed by atoms with Crippen molar-refractivity contribution in [3.8, 4) is 0 Å². The number of nitrogens with zero attached hydrogens (tertiary/aromatic N) is 3. The van der Waals surface area contributed by atoms with E-state index in [9.17, 15) is 9.18 Å². The molecule has 0 aliphatic rings. The highest BCUT2D eigenvalue weighted by Gasteiger charge is 2.16. The predicted molar refractivity (Wildman–Crippen MR) is 104 cm³/mol. The number of aromatic nitrogens is 2. The van der Waals surface area contributed by atoms with Gasteiger partial charge in [-0.15, -0.1) is 10.2 Å². The highest BCUT2D eigenvalue weighted by Crippen LogP contribution is 2.18. The molecule has 1 aromatic heterocycles. The van der Waals surface area contributed by atoms with Crippen LogP contribution in [0.5, 0.6) is 0 Å². The van der Waals surface area contributed by atoms with E-state index in [0.29, 0.717) is 12.4 Å². The maximum absolute atomic E-state index is 13.7. The van der Waals surface area contributed by atoms with Gasteiger partial charge >= 0.3 is 0 Å². The SMILES string of the molecule is CC(C)N(Cc1ccccc1)c1ccc(C(=O)Nc2ccccc2F)nn1. The molecule has 0 bridgehead atoms. The fourth-order valence-electron chi connectivity index (χ4n) is 2.66. The van der Waals surface area contributed by atoms with E-state index in [-0.39, 0.29) is 17.4 Å². The summed E-state index contributed by atoms with van der Waals surface area (Å²) in [5.74, 6) is -0.320. The number of carbonyl (C=O) groups is 1. The lowest BCUT2D eigenvalue weighted by atomic mass is 10.2. The van der Waals surface area contributed by atoms with Crippen molar-refractivity contribution in [2.75, 3.05) is 10.2 Å². The normalized spacial score (nSPS) is 10.7. The summed E-state index contributed by atoms with van der Waals surface area (Å²) in [6, 6.07) is 19.6. The van der Waals surface area contributed by atoms with E-state index in [2.05, 4.69) is 46.4 Å². The van der Waals surface area contributed by atoms with Crippen LogP contribution in [0.15, 0.2) is 66.7 Å². The topological polar surface area (TPSA) is 58.1 Å². The second-order valence-corrected chi connectivity index (χ2v) is 6.42. The van der Waals surface area contributed by atoms with E-state index in [1.165, 1.54) is 12.1 Å². The largest absolute Gasteiger partial charge is 0.348 e. The Kier molecular flexibility index (Phi) is 5.76. The minimum Gasteiger partial charge on any atom is -0.348 e. The third-order valence-electron chi connectivity index (χ3n) is 4.12. The number of benzene rings is 2. The molecule has 5 nitrogen and oxygen atoms in total. The van der Waals surface area contributed by atoms with Crippen LogP contribution in [0.1, 0.15) is 29.9 Å². The molecule has 1 amide bonds. The van der Waals surface area contributed by atoms with E-state index in [4.69, 9.17) is 0 Å². The average Bonchev–Trinajstić information content (AvgIpc) is 2.68. The lowest BCUT2D eigenvalue weighted by molar-refractivity contribution is 0.102. The van der Waals surface area contributed by atoms with Crippen molar-refractivity contribution in [3.63, 3.8) is 0 Å². The third kappa shape index (κ3) is 4.67. The van der Waals surface area contributed by atoms with E-state index in [0.717, 1.165) is 5.56 Å². The van der Waals surface area contributed by atoms with Gasteiger partial charge in [0.2, 0.25) is 0 Å². The van der Waals surface area contributed by atoms with Gasteiger partial charge in [-0.3, -0.25) is 4.79 Å². The summed E-state index contributed by atoms with van der Waals surface area (Å²) < 4.78 is 13.7. The number of carbonyl (C=O) groups excluding carboxylic acids is 1. The first kappa shape index (κ1) is 18.5. The van der Waals surface area contributed by atoms with Crippen LogP contribution in [0.3, 0.4) is 0 Å². The zero-order valence-electron chi connectivity index (χ0n) is 15.3. The van der Waals surface area contributed by atoms with Gasteiger partial charge in [0.1, 0.15) is 5.82 Å². The summed E-state index contributed by atoms with van der Waals surface area (Å²) in [6.45, 7) is 4.83. The minimum absolute atomic E-state index is 0.112. The van der Waals surface area contributed by atoms with Crippen molar-refractivity contribution in [3.05, 3.63) is 83.8 Å². The first-order chi connectivity index (χ1) is 13.0. The quantitative estimate of drug-likeness (QED) is 0.709. The van der Waals surface area contributed by atoms with Crippen LogP contribution in [0.2, 0.25) is 0 Å². The molecule has 0 aliphatic carbocycles. The molecule has 3 rings (SSSR count). The molecule has 0 atom stereocenters. The molecule has 0 fully saturated rings. The lowest BCUT2D eigenvalue weighted by Crippen LogP contribution is -2.31. The van der Waals surface area contributed by atoms with Crippen LogP contribution in [0, 0.1) is 5.82 Å². The number of para-hydroxylation sites is 1. The van der Waals surface area contributed by atoms with Gasteiger partial charge in [0.15, 0.2) is 11.5 Å². The van der Waals surface area contributed by atoms with Crippen molar-refractivity contribution < 1.29 is 9.18 Å². The van der Waals surface area contributed by atoms with Gasteiger partial charge in [-0.25, -0.2) is 4.39 Å². The molecule has 6 heteroatoms. The Morgan fingerprint density at radius 3 is 2.33 bits per heavy atom. The zero-order valence-corrected chi connectivity index (χ0v) is 15.3. The van der Waals surface area contributed by atoms with Crippen LogP contribution in [0.25, 0.3) is 0 Å². The first-order valence-corrected chi connectivity index (χ1v) is 8.75. The molecule has 1 N–H and O–H groups in total. The number of rotatable bonds is 6. The summed E-state index contributed by atoms with van der Waals surface area (Å²) in [7, 11) is 0. The number of halogens is 1. The molecule has 0 spiro atoms. The lowest BCUT2D eigenvalue weighted by Gasteiger charge is -2.27. The van der Waals surface area contributed by atoms with E-state index < -0.39 is 11.7 Å². The van der Waals surface area contributed by atoms with Crippen molar-refractivity contribution >= 4 is 17.4 Å². The van der Waals surface area contributed by atoms with Crippen molar-refractivity contribution in [1.82, 2.24) is 10.2 Å². The zero-order chi connectivity index (χ0) is 19.2. The Labute approximate surface area is 157 Å². The van der Waals surface area contributed by atoms with Gasteiger partial charge in [-0.05, 0) is 43.7 Å². The monoisotopic (exact) mass is 364 g/mol. The van der Waals surface area contributed by atoms with E-state index in [1.54, 1.807) is 24.3 Å². The summed E-state index contributed by atoms with van der Waals surface area (Å²) >= 11 is 0. The smallest absolute Gasteiger partial charge is 0.276 e. The summed E-state index contributed by atoms with van der Waals surface area (Å²) in [6.07, 6.45) is 0. The Hall–Kier alpha value is -3.28. The van der Waals surface area contributed by atoms with E-state index >= 15 is 0 Å². The van der Waals surface area contributed by atoms with Gasteiger partial charge in [0.25, 0.3) is 5.91 Å². The van der Waals surface area contributed by atoms with Crippen molar-refractivity contribution in [2.45, 2.75) is 26.4 Å². The maximum Gasteiger partial charge on any atom is 0.276 e. The molecule has 1 heterocycles. The van der Waals surface area contributed by atoms with Crippen LogP contribution < -0.4 is 10.2 Å². The molecular formula is C21H21FN4O. The second kappa shape index (κ2) is 8.40. The molecule has 27 heavy (non-hydrogen) atoms. The number of nitrogens with one attached hydrogen (secondary N) is 1. The Morgan fingerprint density at radius 2 is 1.70 bits per heavy atom. The summed E-state index contributed by atoms with van der Waals surface area (Å²) in [4.78, 5) is 14.4. The van der Waals surface area contributed by atoms with E-state index in [1.807, 2.05) is 18.2 Å². The third-order valence-corrected chi connectivity index (χ3v) is 4.12. The van der Waals surface area contributed by atoms with Gasteiger partial charge < -0.3 is 10.2 Å². The standard InChI is InChI=1S/C21H21FN4O/c1-15(2)26(14-16-8-4-3-5-9-16)20-13-12-19(24-25-20)21(27)23-18-11-7-6-10-17(18)22/h3-13,15H,14H2,1-2H3,(H,23,27). The first-order valence-electron chi connectivity index (χ1n) is 8.75. The maximum atomic E-state index is 13.7.